The lowest BCUT2D eigenvalue weighted by Crippen LogP contribution is -2.43. The van der Waals surface area contributed by atoms with E-state index in [0.29, 0.717) is 27.9 Å². The topological polar surface area (TPSA) is 80.1 Å². The van der Waals surface area contributed by atoms with E-state index in [1.54, 1.807) is 30.3 Å². The quantitative estimate of drug-likeness (QED) is 0.636. The summed E-state index contributed by atoms with van der Waals surface area (Å²) in [6.07, 6.45) is 1.95. The molecule has 7 nitrogen and oxygen atoms in total. The highest BCUT2D eigenvalue weighted by Gasteiger charge is 2.32. The highest BCUT2D eigenvalue weighted by molar-refractivity contribution is 7.99. The summed E-state index contributed by atoms with van der Waals surface area (Å²) >= 11 is 1.26. The second-order valence-electron chi connectivity index (χ2n) is 7.22. The molecule has 3 aromatic rings. The van der Waals surface area contributed by atoms with Crippen LogP contribution in [0, 0.1) is 5.82 Å². The number of carbonyl (C=O) groups is 2. The molecular weight excluding hydrogens is 405 g/mol. The van der Waals surface area contributed by atoms with E-state index in [4.69, 9.17) is 0 Å². The van der Waals surface area contributed by atoms with E-state index in [0.717, 1.165) is 12.8 Å². The van der Waals surface area contributed by atoms with Gasteiger partial charge >= 0.3 is 0 Å². The molecule has 9 heteroatoms. The molecule has 0 saturated heterocycles. The first kappa shape index (κ1) is 18.8. The van der Waals surface area contributed by atoms with E-state index >= 15 is 0 Å². The van der Waals surface area contributed by atoms with Crippen LogP contribution in [0.2, 0.25) is 0 Å². The van der Waals surface area contributed by atoms with Gasteiger partial charge in [0.1, 0.15) is 12.4 Å². The Hall–Kier alpha value is -3.20. The minimum absolute atomic E-state index is 0.0216. The molecule has 0 unspecified atom stereocenters. The van der Waals surface area contributed by atoms with Crippen molar-refractivity contribution in [3.63, 3.8) is 0 Å². The minimum Gasteiger partial charge on any atom is -0.323 e. The molecule has 0 radical (unpaired) electrons. The SMILES string of the molecule is O=C1CN(C(=O)CSc2nnc(-c3ccccc3F)n2C2CC2)c2ccccc2N1. The van der Waals surface area contributed by atoms with Crippen molar-refractivity contribution < 1.29 is 14.0 Å². The van der Waals surface area contributed by atoms with Crippen LogP contribution in [0.4, 0.5) is 15.8 Å². The van der Waals surface area contributed by atoms with Crippen LogP contribution in [-0.2, 0) is 9.59 Å². The van der Waals surface area contributed by atoms with Crippen LogP contribution in [0.1, 0.15) is 18.9 Å². The summed E-state index contributed by atoms with van der Waals surface area (Å²) in [4.78, 5) is 26.4. The van der Waals surface area contributed by atoms with Crippen LogP contribution < -0.4 is 10.2 Å². The Morgan fingerprint density at radius 1 is 1.13 bits per heavy atom. The number of fused-ring (bicyclic) bond motifs is 1. The maximum Gasteiger partial charge on any atom is 0.244 e. The number of hydrogen-bond donors (Lipinski definition) is 1. The molecule has 2 amide bonds. The van der Waals surface area contributed by atoms with Gasteiger partial charge in [-0.1, -0.05) is 36.0 Å². The van der Waals surface area contributed by atoms with Crippen molar-refractivity contribution in [3.05, 3.63) is 54.3 Å². The van der Waals surface area contributed by atoms with Crippen molar-refractivity contribution in [3.8, 4) is 11.4 Å². The first-order chi connectivity index (χ1) is 14.6. The van der Waals surface area contributed by atoms with E-state index in [1.807, 2.05) is 16.7 Å². The molecule has 1 N–H and O–H groups in total. The first-order valence-electron chi connectivity index (χ1n) is 9.63. The molecule has 1 aliphatic carbocycles. The predicted octanol–water partition coefficient (Wildman–Crippen LogP) is 3.50. The Morgan fingerprint density at radius 2 is 1.90 bits per heavy atom. The number of benzene rings is 2. The highest BCUT2D eigenvalue weighted by atomic mass is 32.2. The number of nitrogens with zero attached hydrogens (tertiary/aromatic N) is 4. The van der Waals surface area contributed by atoms with Crippen LogP contribution in [0.25, 0.3) is 11.4 Å². The van der Waals surface area contributed by atoms with Gasteiger partial charge in [-0.05, 0) is 37.1 Å². The van der Waals surface area contributed by atoms with Crippen LogP contribution in [-0.4, -0.2) is 38.9 Å². The molecule has 0 spiro atoms. The van der Waals surface area contributed by atoms with Gasteiger partial charge < -0.3 is 10.2 Å². The minimum atomic E-state index is -0.352. The molecule has 30 heavy (non-hydrogen) atoms. The normalized spacial score (nSPS) is 15.6. The smallest absolute Gasteiger partial charge is 0.244 e. The third kappa shape index (κ3) is 3.45. The van der Waals surface area contributed by atoms with Gasteiger partial charge in [0.25, 0.3) is 0 Å². The maximum absolute atomic E-state index is 14.3. The molecule has 1 aromatic heterocycles. The summed E-state index contributed by atoms with van der Waals surface area (Å²) in [5.74, 6) is -0.192. The van der Waals surface area contributed by atoms with Crippen LogP contribution in [0.5, 0.6) is 0 Å². The molecule has 2 aliphatic rings. The lowest BCUT2D eigenvalue weighted by atomic mass is 10.2. The van der Waals surface area contributed by atoms with E-state index in [9.17, 15) is 14.0 Å². The Labute approximate surface area is 176 Å². The molecular formula is C21H18FN5O2S. The molecule has 1 fully saturated rings. The number of rotatable bonds is 5. The van der Waals surface area contributed by atoms with Gasteiger partial charge in [0, 0.05) is 6.04 Å². The predicted molar refractivity (Wildman–Crippen MR) is 112 cm³/mol. The van der Waals surface area contributed by atoms with Gasteiger partial charge in [-0.25, -0.2) is 4.39 Å². The molecule has 0 atom stereocenters. The zero-order valence-electron chi connectivity index (χ0n) is 15.9. The molecule has 1 aliphatic heterocycles. The van der Waals surface area contributed by atoms with Gasteiger partial charge in [0.15, 0.2) is 11.0 Å². The summed E-state index contributed by atoms with van der Waals surface area (Å²) < 4.78 is 16.2. The van der Waals surface area contributed by atoms with Crippen molar-refractivity contribution >= 4 is 35.0 Å². The zero-order valence-corrected chi connectivity index (χ0v) is 16.7. The Balaban J connectivity index is 1.38. The van der Waals surface area contributed by atoms with E-state index in [-0.39, 0.29) is 36.0 Å². The highest BCUT2D eigenvalue weighted by Crippen LogP contribution is 2.41. The largest absolute Gasteiger partial charge is 0.323 e. The van der Waals surface area contributed by atoms with Crippen molar-refractivity contribution in [1.82, 2.24) is 14.8 Å². The van der Waals surface area contributed by atoms with E-state index in [1.165, 1.54) is 22.7 Å². The van der Waals surface area contributed by atoms with Gasteiger partial charge in [0.05, 0.1) is 22.7 Å². The molecule has 2 aromatic carbocycles. The number of aromatic nitrogens is 3. The fraction of sp³-hybridized carbons (Fsp3) is 0.238. The number of halogens is 1. The molecule has 0 bridgehead atoms. The molecule has 152 valence electrons. The molecule has 5 rings (SSSR count). The van der Waals surface area contributed by atoms with E-state index in [2.05, 4.69) is 15.5 Å². The lowest BCUT2D eigenvalue weighted by molar-refractivity contribution is -0.120. The van der Waals surface area contributed by atoms with Crippen LogP contribution in [0.15, 0.2) is 53.7 Å². The average molecular weight is 423 g/mol. The van der Waals surface area contributed by atoms with Gasteiger partial charge in [0.2, 0.25) is 11.8 Å². The summed E-state index contributed by atoms with van der Waals surface area (Å²) in [5.41, 5.74) is 1.70. The van der Waals surface area contributed by atoms with Gasteiger partial charge in [-0.15, -0.1) is 10.2 Å². The number of hydrogen-bond acceptors (Lipinski definition) is 5. The van der Waals surface area contributed by atoms with Gasteiger partial charge in [-0.3, -0.25) is 14.2 Å². The summed E-state index contributed by atoms with van der Waals surface area (Å²) in [7, 11) is 0. The second kappa shape index (κ2) is 7.56. The van der Waals surface area contributed by atoms with Crippen LogP contribution >= 0.6 is 11.8 Å². The standard InChI is InChI=1S/C21H18FN5O2S/c22-15-6-2-1-5-14(15)20-24-25-21(27(20)13-9-10-13)30-12-19(29)26-11-18(28)23-16-7-3-4-8-17(16)26/h1-8,13H,9-12H2,(H,23,28). The fourth-order valence-electron chi connectivity index (χ4n) is 3.52. The van der Waals surface area contributed by atoms with Gasteiger partial charge in [-0.2, -0.15) is 0 Å². The number of para-hydroxylation sites is 2. The second-order valence-corrected chi connectivity index (χ2v) is 8.16. The Kier molecular flexibility index (Phi) is 4.74. The first-order valence-corrected chi connectivity index (χ1v) is 10.6. The average Bonchev–Trinajstić information content (AvgIpc) is 3.51. The summed E-state index contributed by atoms with van der Waals surface area (Å²) in [6, 6.07) is 13.9. The number of thioether (sulfide) groups is 1. The number of amides is 2. The molecule has 1 saturated carbocycles. The lowest BCUT2D eigenvalue weighted by Gasteiger charge is -2.29. The zero-order chi connectivity index (χ0) is 20.7. The Bertz CT molecular complexity index is 1140. The third-order valence-corrected chi connectivity index (χ3v) is 6.02. The number of carbonyl (C=O) groups excluding carboxylic acids is 2. The van der Waals surface area contributed by atoms with Crippen molar-refractivity contribution in [2.75, 3.05) is 22.5 Å². The van der Waals surface area contributed by atoms with Crippen molar-refractivity contribution in [1.29, 1.82) is 0 Å². The third-order valence-electron chi connectivity index (χ3n) is 5.09. The molecule has 2 heterocycles. The van der Waals surface area contributed by atoms with Crippen molar-refractivity contribution in [2.45, 2.75) is 24.0 Å². The Morgan fingerprint density at radius 3 is 2.70 bits per heavy atom. The monoisotopic (exact) mass is 423 g/mol. The maximum atomic E-state index is 14.3. The fourth-order valence-corrected chi connectivity index (χ4v) is 4.41. The van der Waals surface area contributed by atoms with E-state index < -0.39 is 0 Å². The van der Waals surface area contributed by atoms with Crippen LogP contribution in [0.3, 0.4) is 0 Å². The number of anilines is 2. The van der Waals surface area contributed by atoms with Crippen molar-refractivity contribution in [2.24, 2.45) is 0 Å². The summed E-state index contributed by atoms with van der Waals surface area (Å²) in [6.45, 7) is -0.0216. The summed E-state index contributed by atoms with van der Waals surface area (Å²) in [5, 5.41) is 11.8. The number of nitrogens with one attached hydrogen (secondary N) is 1.